The number of benzene rings is 1. The van der Waals surface area contributed by atoms with Crippen molar-refractivity contribution in [3.8, 4) is 0 Å². The predicted octanol–water partition coefficient (Wildman–Crippen LogP) is 1.21. The molecule has 0 radical (unpaired) electrons. The van der Waals surface area contributed by atoms with E-state index in [1.807, 2.05) is 4.72 Å². The lowest BCUT2D eigenvalue weighted by Gasteiger charge is -2.18. The van der Waals surface area contributed by atoms with E-state index in [4.69, 9.17) is 5.11 Å². The molecule has 11 heteroatoms. The highest BCUT2D eigenvalue weighted by Gasteiger charge is 2.31. The number of carboxylic acid groups (broad SMARTS) is 1. The van der Waals surface area contributed by atoms with Gasteiger partial charge in [0.15, 0.2) is 0 Å². The van der Waals surface area contributed by atoms with Crippen LogP contribution in [0.3, 0.4) is 0 Å². The van der Waals surface area contributed by atoms with E-state index in [-0.39, 0.29) is 0 Å². The minimum atomic E-state index is -4.70. The normalized spacial score (nSPS) is 14.6. The third-order valence-corrected chi connectivity index (χ3v) is 4.82. The van der Waals surface area contributed by atoms with Crippen molar-refractivity contribution >= 4 is 21.9 Å². The van der Waals surface area contributed by atoms with Gasteiger partial charge in [-0.2, -0.15) is 13.2 Å². The lowest BCUT2D eigenvalue weighted by atomic mass is 10.0. The lowest BCUT2D eigenvalue weighted by Crippen LogP contribution is -2.44. The fraction of sp³-hybridized carbons (Fsp3) is 0.429. The number of amides is 1. The minimum Gasteiger partial charge on any atom is -0.481 e. The number of carboxylic acids is 1. The fourth-order valence-corrected chi connectivity index (χ4v) is 2.75. The standard InChI is InChI=1S/C14H17F3N2O5S/c1-8(13(21)22)9(2)19-12(20)7-18-25(23,24)11-5-3-4-10(6-11)14(15,16)17/h3-6,8-9,18H,7H2,1-2H3,(H,19,20)(H,21,22). The monoisotopic (exact) mass is 382 g/mol. The van der Waals surface area contributed by atoms with Crippen LogP contribution >= 0.6 is 0 Å². The van der Waals surface area contributed by atoms with Crippen molar-refractivity contribution in [3.63, 3.8) is 0 Å². The second-order valence-electron chi connectivity index (χ2n) is 5.33. The second-order valence-corrected chi connectivity index (χ2v) is 7.10. The molecule has 2 atom stereocenters. The summed E-state index contributed by atoms with van der Waals surface area (Å²) >= 11 is 0. The summed E-state index contributed by atoms with van der Waals surface area (Å²) < 4.78 is 63.7. The van der Waals surface area contributed by atoms with Gasteiger partial charge < -0.3 is 10.4 Å². The van der Waals surface area contributed by atoms with Crippen molar-refractivity contribution in [2.75, 3.05) is 6.54 Å². The van der Waals surface area contributed by atoms with Gasteiger partial charge in [0, 0.05) is 6.04 Å². The average molecular weight is 382 g/mol. The summed E-state index contributed by atoms with van der Waals surface area (Å²) in [4.78, 5) is 21.8. The van der Waals surface area contributed by atoms with E-state index in [0.29, 0.717) is 6.07 Å². The molecule has 0 heterocycles. The van der Waals surface area contributed by atoms with Crippen LogP contribution in [-0.4, -0.2) is 38.0 Å². The Balaban J connectivity index is 2.76. The van der Waals surface area contributed by atoms with Crippen molar-refractivity contribution in [1.82, 2.24) is 10.0 Å². The zero-order valence-electron chi connectivity index (χ0n) is 13.3. The molecule has 0 aliphatic heterocycles. The molecule has 0 saturated carbocycles. The van der Waals surface area contributed by atoms with Gasteiger partial charge in [0.25, 0.3) is 0 Å². The van der Waals surface area contributed by atoms with Crippen LogP contribution in [0.25, 0.3) is 0 Å². The number of sulfonamides is 1. The van der Waals surface area contributed by atoms with Gasteiger partial charge in [-0.15, -0.1) is 0 Å². The Morgan fingerprint density at radius 2 is 1.84 bits per heavy atom. The first-order valence-corrected chi connectivity index (χ1v) is 8.52. The molecule has 140 valence electrons. The minimum absolute atomic E-state index is 0.454. The Hall–Kier alpha value is -2.14. The van der Waals surface area contributed by atoms with E-state index < -0.39 is 57.0 Å². The number of hydrogen-bond donors (Lipinski definition) is 3. The van der Waals surface area contributed by atoms with Crippen LogP contribution in [-0.2, 0) is 25.8 Å². The Morgan fingerprint density at radius 3 is 2.36 bits per heavy atom. The van der Waals surface area contributed by atoms with Crippen LogP contribution in [0.1, 0.15) is 19.4 Å². The Kier molecular flexibility index (Phi) is 6.54. The molecule has 1 rings (SSSR count). The summed E-state index contributed by atoms with van der Waals surface area (Å²) in [6.07, 6.45) is -4.70. The number of rotatable bonds is 7. The van der Waals surface area contributed by atoms with E-state index in [2.05, 4.69) is 5.32 Å². The largest absolute Gasteiger partial charge is 0.481 e. The molecule has 0 aliphatic rings. The van der Waals surface area contributed by atoms with Crippen molar-refractivity contribution < 1.29 is 36.3 Å². The summed E-state index contributed by atoms with van der Waals surface area (Å²) in [6.45, 7) is 2.05. The topological polar surface area (TPSA) is 113 Å². The maximum Gasteiger partial charge on any atom is 0.416 e. The zero-order chi connectivity index (χ0) is 19.4. The highest BCUT2D eigenvalue weighted by Crippen LogP contribution is 2.30. The molecule has 1 aromatic carbocycles. The molecule has 0 fully saturated rings. The van der Waals surface area contributed by atoms with Gasteiger partial charge in [-0.3, -0.25) is 9.59 Å². The first-order chi connectivity index (χ1) is 11.3. The SMILES string of the molecule is CC(NC(=O)CNS(=O)(=O)c1cccc(C(F)(F)F)c1)C(C)C(=O)O. The van der Waals surface area contributed by atoms with Crippen molar-refractivity contribution in [3.05, 3.63) is 29.8 Å². The second kappa shape index (κ2) is 7.83. The predicted molar refractivity (Wildman–Crippen MR) is 81.0 cm³/mol. The lowest BCUT2D eigenvalue weighted by molar-refractivity contribution is -0.142. The Labute approximate surface area is 142 Å². The average Bonchev–Trinajstić information content (AvgIpc) is 2.51. The number of aliphatic carboxylic acids is 1. The molecule has 0 aromatic heterocycles. The van der Waals surface area contributed by atoms with E-state index >= 15 is 0 Å². The summed E-state index contributed by atoms with van der Waals surface area (Å²) in [5.41, 5.74) is -1.14. The Morgan fingerprint density at radius 1 is 1.24 bits per heavy atom. The van der Waals surface area contributed by atoms with Gasteiger partial charge in [0.1, 0.15) is 0 Å². The quantitative estimate of drug-likeness (QED) is 0.656. The van der Waals surface area contributed by atoms with Crippen LogP contribution in [0.4, 0.5) is 13.2 Å². The summed E-state index contributed by atoms with van der Waals surface area (Å²) in [5, 5.41) is 11.1. The molecule has 0 aliphatic carbocycles. The van der Waals surface area contributed by atoms with Crippen LogP contribution in [0, 0.1) is 5.92 Å². The Bertz CT molecular complexity index is 749. The summed E-state index contributed by atoms with van der Waals surface area (Å²) in [6, 6.07) is 2.32. The number of nitrogens with one attached hydrogen (secondary N) is 2. The molecule has 25 heavy (non-hydrogen) atoms. The number of halogens is 3. The third-order valence-electron chi connectivity index (χ3n) is 3.42. The number of hydrogen-bond acceptors (Lipinski definition) is 4. The van der Waals surface area contributed by atoms with E-state index in [1.165, 1.54) is 13.8 Å². The van der Waals surface area contributed by atoms with Gasteiger partial charge in [-0.25, -0.2) is 13.1 Å². The highest BCUT2D eigenvalue weighted by molar-refractivity contribution is 7.89. The van der Waals surface area contributed by atoms with E-state index in [1.54, 1.807) is 0 Å². The smallest absolute Gasteiger partial charge is 0.416 e. The van der Waals surface area contributed by atoms with Crippen molar-refractivity contribution in [1.29, 1.82) is 0 Å². The number of carbonyl (C=O) groups excluding carboxylic acids is 1. The van der Waals surface area contributed by atoms with Gasteiger partial charge in [0.05, 0.1) is 22.9 Å². The van der Waals surface area contributed by atoms with Gasteiger partial charge in [-0.05, 0) is 32.0 Å². The summed E-state index contributed by atoms with van der Waals surface area (Å²) in [7, 11) is -4.34. The maximum atomic E-state index is 12.6. The molecule has 7 nitrogen and oxygen atoms in total. The molecular weight excluding hydrogens is 365 g/mol. The molecule has 1 amide bonds. The van der Waals surface area contributed by atoms with Crippen molar-refractivity contribution in [2.45, 2.75) is 31.0 Å². The number of carbonyl (C=O) groups is 2. The highest BCUT2D eigenvalue weighted by atomic mass is 32.2. The van der Waals surface area contributed by atoms with Gasteiger partial charge in [-0.1, -0.05) is 6.07 Å². The van der Waals surface area contributed by atoms with E-state index in [9.17, 15) is 31.2 Å². The van der Waals surface area contributed by atoms with Crippen LogP contribution < -0.4 is 10.0 Å². The molecule has 1 aromatic rings. The zero-order valence-corrected chi connectivity index (χ0v) is 14.1. The molecular formula is C14H17F3N2O5S. The van der Waals surface area contributed by atoms with Crippen LogP contribution in [0.2, 0.25) is 0 Å². The maximum absolute atomic E-state index is 12.6. The fourth-order valence-electron chi connectivity index (χ4n) is 1.73. The van der Waals surface area contributed by atoms with Crippen LogP contribution in [0.5, 0.6) is 0 Å². The molecule has 3 N–H and O–H groups in total. The third kappa shape index (κ3) is 6.02. The van der Waals surface area contributed by atoms with Crippen LogP contribution in [0.15, 0.2) is 29.2 Å². The number of alkyl halides is 3. The molecule has 0 saturated heterocycles. The first kappa shape index (κ1) is 20.9. The first-order valence-electron chi connectivity index (χ1n) is 7.03. The van der Waals surface area contributed by atoms with Gasteiger partial charge >= 0.3 is 12.1 Å². The van der Waals surface area contributed by atoms with Crippen molar-refractivity contribution in [2.24, 2.45) is 5.92 Å². The van der Waals surface area contributed by atoms with Gasteiger partial charge in [0.2, 0.25) is 15.9 Å². The molecule has 2 unspecified atom stereocenters. The van der Waals surface area contributed by atoms with E-state index in [0.717, 1.165) is 18.2 Å². The summed E-state index contributed by atoms with van der Waals surface area (Å²) in [5.74, 6) is -2.85. The molecule has 0 spiro atoms. The molecule has 0 bridgehead atoms.